The van der Waals surface area contributed by atoms with Gasteiger partial charge in [-0.05, 0) is 30.3 Å². The van der Waals surface area contributed by atoms with Gasteiger partial charge in [-0.3, -0.25) is 9.59 Å². The molecule has 0 atom stereocenters. The molecule has 0 unspecified atom stereocenters. The molecule has 0 saturated carbocycles. The lowest BCUT2D eigenvalue weighted by atomic mass is 10.1. The van der Waals surface area contributed by atoms with Crippen LogP contribution in [0.25, 0.3) is 0 Å². The maximum Gasteiger partial charge on any atom is 0.417 e. The highest BCUT2D eigenvalue weighted by Gasteiger charge is 2.36. The van der Waals surface area contributed by atoms with Crippen molar-refractivity contribution in [1.29, 1.82) is 5.26 Å². The van der Waals surface area contributed by atoms with Crippen molar-refractivity contribution < 1.29 is 22.8 Å². The first-order chi connectivity index (χ1) is 13.3. The van der Waals surface area contributed by atoms with E-state index in [2.05, 4.69) is 0 Å². The number of rotatable bonds is 2. The van der Waals surface area contributed by atoms with Crippen LogP contribution in [0.3, 0.4) is 0 Å². The molecule has 0 N–H and O–H groups in total. The van der Waals surface area contributed by atoms with Gasteiger partial charge in [-0.25, -0.2) is 0 Å². The van der Waals surface area contributed by atoms with Crippen molar-refractivity contribution in [3.8, 4) is 6.07 Å². The normalized spacial score (nSPS) is 14.5. The minimum Gasteiger partial charge on any atom is -0.335 e. The van der Waals surface area contributed by atoms with Gasteiger partial charge in [-0.2, -0.15) is 18.4 Å². The summed E-state index contributed by atoms with van der Waals surface area (Å²) in [5.41, 5.74) is -0.631. The number of halogens is 3. The summed E-state index contributed by atoms with van der Waals surface area (Å²) in [6.45, 7) is 0.675. The molecule has 1 saturated heterocycles. The van der Waals surface area contributed by atoms with Gasteiger partial charge in [0.1, 0.15) is 0 Å². The molecule has 0 aliphatic carbocycles. The first kappa shape index (κ1) is 19.4. The Bertz CT molecular complexity index is 942. The summed E-state index contributed by atoms with van der Waals surface area (Å²) in [6, 6.07) is 12.9. The van der Waals surface area contributed by atoms with E-state index in [1.165, 1.54) is 28.0 Å². The molecule has 0 radical (unpaired) electrons. The quantitative estimate of drug-likeness (QED) is 0.795. The Hall–Kier alpha value is -3.34. The highest BCUT2D eigenvalue weighted by atomic mass is 19.4. The molecule has 3 rings (SSSR count). The lowest BCUT2D eigenvalue weighted by molar-refractivity contribution is -0.138. The van der Waals surface area contributed by atoms with Gasteiger partial charge in [-0.15, -0.1) is 0 Å². The Labute approximate surface area is 159 Å². The topological polar surface area (TPSA) is 64.4 Å². The van der Waals surface area contributed by atoms with Crippen LogP contribution in [0.5, 0.6) is 0 Å². The van der Waals surface area contributed by atoms with Crippen molar-refractivity contribution in [3.63, 3.8) is 0 Å². The van der Waals surface area contributed by atoms with Gasteiger partial charge in [0.05, 0.1) is 22.8 Å². The lowest BCUT2D eigenvalue weighted by Crippen LogP contribution is -2.50. The number of carbonyl (C=O) groups excluding carboxylic acids is 2. The summed E-state index contributed by atoms with van der Waals surface area (Å²) in [5.74, 6) is -0.980. The summed E-state index contributed by atoms with van der Waals surface area (Å²) in [7, 11) is 0. The number of hydrogen-bond acceptors (Lipinski definition) is 3. The van der Waals surface area contributed by atoms with Crippen molar-refractivity contribution in [1.82, 2.24) is 9.80 Å². The van der Waals surface area contributed by atoms with E-state index < -0.39 is 23.2 Å². The van der Waals surface area contributed by atoms with Gasteiger partial charge in [0.25, 0.3) is 11.8 Å². The molecule has 0 spiro atoms. The van der Waals surface area contributed by atoms with Crippen LogP contribution in [0, 0.1) is 11.3 Å². The monoisotopic (exact) mass is 387 g/mol. The number of carbonyl (C=O) groups is 2. The third-order valence-corrected chi connectivity index (χ3v) is 4.56. The molecule has 0 bridgehead atoms. The van der Waals surface area contributed by atoms with Crippen molar-refractivity contribution in [2.45, 2.75) is 6.18 Å². The molecule has 2 aromatic carbocycles. The van der Waals surface area contributed by atoms with Crippen LogP contribution in [-0.2, 0) is 6.18 Å². The van der Waals surface area contributed by atoms with Crippen LogP contribution in [-0.4, -0.2) is 47.8 Å². The van der Waals surface area contributed by atoms with E-state index in [0.29, 0.717) is 11.1 Å². The molecule has 144 valence electrons. The van der Waals surface area contributed by atoms with Crippen molar-refractivity contribution in [2.24, 2.45) is 0 Å². The van der Waals surface area contributed by atoms with E-state index >= 15 is 0 Å². The number of nitrogens with zero attached hydrogens (tertiary/aromatic N) is 3. The maximum absolute atomic E-state index is 13.1. The first-order valence-electron chi connectivity index (χ1n) is 8.56. The summed E-state index contributed by atoms with van der Waals surface area (Å²) in [5, 5.41) is 8.94. The average molecular weight is 387 g/mol. The number of alkyl halides is 3. The lowest BCUT2D eigenvalue weighted by Gasteiger charge is -2.35. The minimum absolute atomic E-state index is 0.134. The van der Waals surface area contributed by atoms with Crippen LogP contribution in [0.1, 0.15) is 31.8 Å². The third kappa shape index (κ3) is 3.98. The zero-order valence-corrected chi connectivity index (χ0v) is 14.7. The Morgan fingerprint density at radius 2 is 1.50 bits per heavy atom. The van der Waals surface area contributed by atoms with Gasteiger partial charge in [0.15, 0.2) is 0 Å². The third-order valence-electron chi connectivity index (χ3n) is 4.56. The van der Waals surface area contributed by atoms with Crippen molar-refractivity contribution in [2.75, 3.05) is 26.2 Å². The van der Waals surface area contributed by atoms with Crippen LogP contribution < -0.4 is 0 Å². The van der Waals surface area contributed by atoms with Gasteiger partial charge in [0.2, 0.25) is 0 Å². The van der Waals surface area contributed by atoms with Crippen LogP contribution in [0.2, 0.25) is 0 Å². The summed E-state index contributed by atoms with van der Waals surface area (Å²) < 4.78 is 39.4. The molecule has 8 heteroatoms. The van der Waals surface area contributed by atoms with E-state index in [1.807, 2.05) is 6.07 Å². The fourth-order valence-corrected chi connectivity index (χ4v) is 3.10. The van der Waals surface area contributed by atoms with Crippen LogP contribution >= 0.6 is 0 Å². The second-order valence-electron chi connectivity index (χ2n) is 6.32. The zero-order valence-electron chi connectivity index (χ0n) is 14.7. The van der Waals surface area contributed by atoms with E-state index in [4.69, 9.17) is 5.26 Å². The Balaban J connectivity index is 1.70. The fraction of sp³-hybridized carbons (Fsp3) is 0.250. The Morgan fingerprint density at radius 3 is 2.11 bits per heavy atom. The molecular formula is C20H16F3N3O2. The second-order valence-corrected chi connectivity index (χ2v) is 6.32. The molecule has 1 aliphatic heterocycles. The largest absolute Gasteiger partial charge is 0.417 e. The Kier molecular flexibility index (Phi) is 5.36. The smallest absolute Gasteiger partial charge is 0.335 e. The molecule has 5 nitrogen and oxygen atoms in total. The Morgan fingerprint density at radius 1 is 0.893 bits per heavy atom. The van der Waals surface area contributed by atoms with E-state index in [9.17, 15) is 22.8 Å². The molecule has 1 fully saturated rings. The van der Waals surface area contributed by atoms with Gasteiger partial charge >= 0.3 is 6.18 Å². The predicted octanol–water partition coefficient (Wildman–Crippen LogP) is 3.18. The number of hydrogen-bond donors (Lipinski definition) is 0. The average Bonchev–Trinajstić information content (AvgIpc) is 2.72. The first-order valence-corrected chi connectivity index (χ1v) is 8.56. The van der Waals surface area contributed by atoms with E-state index in [0.717, 1.165) is 12.1 Å². The molecule has 1 aliphatic rings. The minimum atomic E-state index is -4.62. The number of benzene rings is 2. The van der Waals surface area contributed by atoms with Gasteiger partial charge in [-0.1, -0.05) is 18.2 Å². The molecule has 2 amide bonds. The summed E-state index contributed by atoms with van der Waals surface area (Å²) >= 11 is 0. The molecule has 0 aromatic heterocycles. The molecule has 1 heterocycles. The molecule has 28 heavy (non-hydrogen) atoms. The van der Waals surface area contributed by atoms with Gasteiger partial charge in [0, 0.05) is 31.7 Å². The number of nitriles is 1. The zero-order chi connectivity index (χ0) is 20.3. The van der Waals surface area contributed by atoms with Crippen LogP contribution in [0.15, 0.2) is 48.5 Å². The number of amides is 2. The van der Waals surface area contributed by atoms with E-state index in [-0.39, 0.29) is 32.1 Å². The highest BCUT2D eigenvalue weighted by Crippen LogP contribution is 2.32. The van der Waals surface area contributed by atoms with Crippen molar-refractivity contribution >= 4 is 11.8 Å². The van der Waals surface area contributed by atoms with Gasteiger partial charge < -0.3 is 9.80 Å². The van der Waals surface area contributed by atoms with E-state index in [1.54, 1.807) is 18.2 Å². The fourth-order valence-electron chi connectivity index (χ4n) is 3.10. The number of piperazine rings is 1. The summed E-state index contributed by atoms with van der Waals surface area (Å²) in [6.07, 6.45) is -4.62. The molecule has 2 aromatic rings. The summed E-state index contributed by atoms with van der Waals surface area (Å²) in [4.78, 5) is 28.0. The molecular weight excluding hydrogens is 371 g/mol. The van der Waals surface area contributed by atoms with Crippen LogP contribution in [0.4, 0.5) is 13.2 Å². The maximum atomic E-state index is 13.1. The predicted molar refractivity (Wildman–Crippen MR) is 94.4 cm³/mol. The SMILES string of the molecule is N#Cc1cccc(C(=O)N2CCN(C(=O)c3ccccc3C(F)(F)F)CC2)c1. The van der Waals surface area contributed by atoms with Crippen molar-refractivity contribution in [3.05, 3.63) is 70.8 Å². The highest BCUT2D eigenvalue weighted by molar-refractivity contribution is 5.97. The standard InChI is InChI=1S/C20H16F3N3O2/c21-20(22,23)17-7-2-1-6-16(17)19(28)26-10-8-25(9-11-26)18(27)15-5-3-4-14(12-15)13-24/h1-7,12H,8-11H2. The second kappa shape index (κ2) is 7.72.